The highest BCUT2D eigenvalue weighted by Gasteiger charge is 2.60. The number of ketones is 1. The van der Waals surface area contributed by atoms with Crippen molar-refractivity contribution in [3.05, 3.63) is 29.8 Å². The minimum Gasteiger partial charge on any atom is -0.298 e. The van der Waals surface area contributed by atoms with Crippen LogP contribution < -0.4 is 0 Å². The van der Waals surface area contributed by atoms with Crippen LogP contribution in [0.4, 0.5) is 0 Å². The van der Waals surface area contributed by atoms with E-state index in [-0.39, 0.29) is 16.1 Å². The van der Waals surface area contributed by atoms with Gasteiger partial charge in [0.15, 0.2) is 5.78 Å². The predicted octanol–water partition coefficient (Wildman–Crippen LogP) is 1.74. The van der Waals surface area contributed by atoms with Crippen molar-refractivity contribution >= 4 is 15.8 Å². The van der Waals surface area contributed by atoms with E-state index in [4.69, 9.17) is 0 Å². The van der Waals surface area contributed by atoms with Crippen LogP contribution >= 0.6 is 0 Å². The van der Waals surface area contributed by atoms with Crippen LogP contribution in [-0.4, -0.2) is 31.1 Å². The van der Waals surface area contributed by atoms with E-state index in [1.54, 1.807) is 24.3 Å². The van der Waals surface area contributed by atoms with E-state index < -0.39 is 16.1 Å². The Kier molecular flexibility index (Phi) is 2.63. The van der Waals surface area contributed by atoms with Crippen molar-refractivity contribution < 1.29 is 13.2 Å². The number of fused-ring (bicyclic) bond motifs is 1. The van der Waals surface area contributed by atoms with Crippen LogP contribution in [-0.2, 0) is 14.8 Å². The molecule has 5 heteroatoms. The second kappa shape index (κ2) is 3.90. The highest BCUT2D eigenvalue weighted by molar-refractivity contribution is 7.89. The molecular formula is C14H17NO3S. The van der Waals surface area contributed by atoms with Crippen LogP contribution in [0.3, 0.4) is 0 Å². The maximum Gasteiger partial charge on any atom is 0.243 e. The number of hydrogen-bond donors (Lipinski definition) is 0. The zero-order valence-electron chi connectivity index (χ0n) is 11.1. The standard InChI is InChI=1S/C14H17NO3S/c1-10-3-5-11(6-4-10)19(17,18)15-8-7-14(2)9-12(16)13(14)15/h3-6,13H,7-9H2,1-2H3. The lowest BCUT2D eigenvalue weighted by Crippen LogP contribution is -2.55. The fraction of sp³-hybridized carbons (Fsp3) is 0.500. The summed E-state index contributed by atoms with van der Waals surface area (Å²) < 4.78 is 26.6. The number of Topliss-reactive ketones (excluding diaryl/α,β-unsaturated/α-hetero) is 1. The number of aryl methyl sites for hydroxylation is 1. The zero-order chi connectivity index (χ0) is 13.8. The molecule has 0 radical (unpaired) electrons. The molecule has 4 nitrogen and oxygen atoms in total. The highest BCUT2D eigenvalue weighted by atomic mass is 32.2. The minimum absolute atomic E-state index is 0.0516. The topological polar surface area (TPSA) is 54.5 Å². The smallest absolute Gasteiger partial charge is 0.243 e. The van der Waals surface area contributed by atoms with Crippen LogP contribution in [0.15, 0.2) is 29.2 Å². The Morgan fingerprint density at radius 2 is 1.89 bits per heavy atom. The van der Waals surface area contributed by atoms with Gasteiger partial charge in [0.2, 0.25) is 10.0 Å². The van der Waals surface area contributed by atoms with E-state index in [0.29, 0.717) is 13.0 Å². The van der Waals surface area contributed by atoms with Gasteiger partial charge in [-0.05, 0) is 30.9 Å². The molecule has 2 fully saturated rings. The number of nitrogens with zero attached hydrogens (tertiary/aromatic N) is 1. The third-order valence-corrected chi connectivity index (χ3v) is 6.24. The molecule has 1 aromatic carbocycles. The van der Waals surface area contributed by atoms with Crippen LogP contribution in [0.25, 0.3) is 0 Å². The normalized spacial score (nSPS) is 31.1. The van der Waals surface area contributed by atoms with Crippen molar-refractivity contribution in [2.75, 3.05) is 6.54 Å². The average Bonchev–Trinajstić information content (AvgIpc) is 2.62. The summed E-state index contributed by atoms with van der Waals surface area (Å²) in [5.41, 5.74) is 0.874. The Balaban J connectivity index is 1.98. The van der Waals surface area contributed by atoms with Gasteiger partial charge in [-0.15, -0.1) is 0 Å². The summed E-state index contributed by atoms with van der Waals surface area (Å²) in [6.45, 7) is 4.37. The zero-order valence-corrected chi connectivity index (χ0v) is 11.9. The first-order chi connectivity index (χ1) is 8.84. The molecule has 0 spiro atoms. The minimum atomic E-state index is -3.54. The maximum absolute atomic E-state index is 12.6. The lowest BCUT2D eigenvalue weighted by atomic mass is 9.66. The quantitative estimate of drug-likeness (QED) is 0.828. The molecule has 2 unspecified atom stereocenters. The van der Waals surface area contributed by atoms with Crippen molar-refractivity contribution in [3.8, 4) is 0 Å². The van der Waals surface area contributed by atoms with Gasteiger partial charge in [-0.1, -0.05) is 24.6 Å². The number of carbonyl (C=O) groups excluding carboxylic acids is 1. The molecule has 3 rings (SSSR count). The average molecular weight is 279 g/mol. The number of hydrogen-bond acceptors (Lipinski definition) is 3. The van der Waals surface area contributed by atoms with Gasteiger partial charge in [0.1, 0.15) is 0 Å². The van der Waals surface area contributed by atoms with Gasteiger partial charge < -0.3 is 0 Å². The van der Waals surface area contributed by atoms with Crippen LogP contribution in [0, 0.1) is 12.3 Å². The summed E-state index contributed by atoms with van der Waals surface area (Å²) in [6.07, 6.45) is 1.28. The molecule has 19 heavy (non-hydrogen) atoms. The Morgan fingerprint density at radius 3 is 2.47 bits per heavy atom. The SMILES string of the molecule is Cc1ccc(S(=O)(=O)N2CCC3(C)CC(=O)C23)cc1. The molecule has 2 atom stereocenters. The van der Waals surface area contributed by atoms with Gasteiger partial charge in [-0.25, -0.2) is 8.42 Å². The summed E-state index contributed by atoms with van der Waals surface area (Å²) in [4.78, 5) is 12.0. The van der Waals surface area contributed by atoms with Gasteiger partial charge in [-0.3, -0.25) is 4.79 Å². The lowest BCUT2D eigenvalue weighted by Gasteiger charge is -2.42. The number of benzene rings is 1. The van der Waals surface area contributed by atoms with E-state index >= 15 is 0 Å². The Morgan fingerprint density at radius 1 is 1.26 bits per heavy atom. The van der Waals surface area contributed by atoms with Gasteiger partial charge in [-0.2, -0.15) is 4.31 Å². The largest absolute Gasteiger partial charge is 0.298 e. The first-order valence-corrected chi connectivity index (χ1v) is 7.90. The van der Waals surface area contributed by atoms with Crippen molar-refractivity contribution in [1.29, 1.82) is 0 Å². The van der Waals surface area contributed by atoms with Gasteiger partial charge in [0.05, 0.1) is 10.9 Å². The molecule has 1 aliphatic carbocycles. The molecule has 1 aromatic rings. The fourth-order valence-corrected chi connectivity index (χ4v) is 4.91. The third kappa shape index (κ3) is 1.75. The van der Waals surface area contributed by atoms with E-state index in [0.717, 1.165) is 12.0 Å². The molecule has 1 saturated heterocycles. The molecule has 0 N–H and O–H groups in total. The van der Waals surface area contributed by atoms with Crippen molar-refractivity contribution in [2.45, 2.75) is 37.6 Å². The van der Waals surface area contributed by atoms with Gasteiger partial charge >= 0.3 is 0 Å². The second-order valence-corrected chi connectivity index (χ2v) is 7.77. The van der Waals surface area contributed by atoms with Crippen molar-refractivity contribution in [2.24, 2.45) is 5.41 Å². The van der Waals surface area contributed by atoms with E-state index in [1.165, 1.54) is 4.31 Å². The van der Waals surface area contributed by atoms with Crippen LogP contribution in [0.2, 0.25) is 0 Å². The fourth-order valence-electron chi connectivity index (χ4n) is 3.18. The monoisotopic (exact) mass is 279 g/mol. The summed E-state index contributed by atoms with van der Waals surface area (Å²) >= 11 is 0. The predicted molar refractivity (Wildman–Crippen MR) is 71.2 cm³/mol. The molecule has 0 amide bonds. The molecule has 2 aliphatic rings. The molecule has 0 aromatic heterocycles. The number of carbonyl (C=O) groups is 1. The van der Waals surface area contributed by atoms with Crippen molar-refractivity contribution in [1.82, 2.24) is 4.31 Å². The number of rotatable bonds is 2. The molecule has 1 saturated carbocycles. The summed E-state index contributed by atoms with van der Waals surface area (Å²) in [6, 6.07) is 6.35. The van der Waals surface area contributed by atoms with Gasteiger partial charge in [0.25, 0.3) is 0 Å². The van der Waals surface area contributed by atoms with Crippen molar-refractivity contribution in [3.63, 3.8) is 0 Å². The maximum atomic E-state index is 12.6. The van der Waals surface area contributed by atoms with Crippen LogP contribution in [0.1, 0.15) is 25.3 Å². The second-order valence-electron chi connectivity index (χ2n) is 5.88. The summed E-state index contributed by atoms with van der Waals surface area (Å²) in [5, 5.41) is 0. The molecule has 102 valence electrons. The van der Waals surface area contributed by atoms with Crippen LogP contribution in [0.5, 0.6) is 0 Å². The Hall–Kier alpha value is -1.20. The summed E-state index contributed by atoms with van der Waals surface area (Å²) in [7, 11) is -3.54. The third-order valence-electron chi connectivity index (χ3n) is 4.36. The van der Waals surface area contributed by atoms with E-state index in [2.05, 4.69) is 0 Å². The molecule has 0 bridgehead atoms. The highest BCUT2D eigenvalue weighted by Crippen LogP contribution is 2.50. The summed E-state index contributed by atoms with van der Waals surface area (Å²) in [5.74, 6) is 0.0516. The molecule has 1 aliphatic heterocycles. The van der Waals surface area contributed by atoms with E-state index in [9.17, 15) is 13.2 Å². The molecular weight excluding hydrogens is 262 g/mol. The first-order valence-electron chi connectivity index (χ1n) is 6.46. The number of sulfonamides is 1. The Bertz CT molecular complexity index is 635. The first kappa shape index (κ1) is 12.8. The molecule has 1 heterocycles. The van der Waals surface area contributed by atoms with Gasteiger partial charge in [0, 0.05) is 13.0 Å². The Labute approximate surface area is 113 Å². The van der Waals surface area contributed by atoms with E-state index in [1.807, 2.05) is 13.8 Å². The lowest BCUT2D eigenvalue weighted by molar-refractivity contribution is -0.136.